The third-order valence-corrected chi connectivity index (χ3v) is 3.44. The van der Waals surface area contributed by atoms with E-state index in [2.05, 4.69) is 19.4 Å². The average Bonchev–Trinajstić information content (AvgIpc) is 2.99. The van der Waals surface area contributed by atoms with E-state index in [1.54, 1.807) is 0 Å². The zero-order valence-electron chi connectivity index (χ0n) is 9.24. The van der Waals surface area contributed by atoms with Crippen molar-refractivity contribution >= 4 is 10.0 Å². The summed E-state index contributed by atoms with van der Waals surface area (Å²) in [5.41, 5.74) is 0. The van der Waals surface area contributed by atoms with Gasteiger partial charge in [0.15, 0.2) is 5.82 Å². The Kier molecular flexibility index (Phi) is 3.75. The quantitative estimate of drug-likeness (QED) is 0.740. The van der Waals surface area contributed by atoms with E-state index in [9.17, 15) is 8.42 Å². The van der Waals surface area contributed by atoms with Crippen molar-refractivity contribution in [2.75, 3.05) is 6.54 Å². The molecule has 98 valence electrons. The predicted molar refractivity (Wildman–Crippen MR) is 57.8 cm³/mol. The molecule has 0 amide bonds. The number of rotatable bonds is 6. The lowest BCUT2D eigenvalue weighted by molar-refractivity contribution is 0.236. The molecule has 8 nitrogen and oxygen atoms in total. The minimum absolute atomic E-state index is 0.122. The third kappa shape index (κ3) is 2.94. The van der Waals surface area contributed by atoms with Gasteiger partial charge in [0.25, 0.3) is 10.0 Å². The van der Waals surface area contributed by atoms with Crippen LogP contribution in [0.4, 0.5) is 0 Å². The van der Waals surface area contributed by atoms with Crippen molar-refractivity contribution < 1.29 is 22.5 Å². The molecule has 0 saturated heterocycles. The molecule has 2 heterocycles. The van der Waals surface area contributed by atoms with E-state index in [0.717, 1.165) is 0 Å². The highest BCUT2D eigenvalue weighted by Gasteiger charge is 2.18. The van der Waals surface area contributed by atoms with Crippen LogP contribution in [0.1, 0.15) is 11.6 Å². The minimum Gasteiger partial charge on any atom is -0.446 e. The number of sulfonamides is 1. The van der Waals surface area contributed by atoms with Crippen LogP contribution in [-0.4, -0.2) is 30.2 Å². The second-order valence-corrected chi connectivity index (χ2v) is 5.07. The Bertz CT molecular complexity index is 590. The van der Waals surface area contributed by atoms with Crippen molar-refractivity contribution in [1.82, 2.24) is 14.9 Å². The molecular formula is C9H11N3O5S. The molecule has 0 saturated carbocycles. The van der Waals surface area contributed by atoms with Crippen molar-refractivity contribution in [3.05, 3.63) is 30.1 Å². The minimum atomic E-state index is -3.72. The summed E-state index contributed by atoms with van der Waals surface area (Å²) in [6, 6.07) is 2.68. The van der Waals surface area contributed by atoms with Gasteiger partial charge < -0.3 is 14.0 Å². The van der Waals surface area contributed by atoms with Gasteiger partial charge in [0.2, 0.25) is 11.5 Å². The van der Waals surface area contributed by atoms with Crippen molar-refractivity contribution in [1.29, 1.82) is 0 Å². The molecule has 0 aromatic carbocycles. The summed E-state index contributed by atoms with van der Waals surface area (Å²) in [5.74, 6) is 0.599. The number of aromatic nitrogens is 2. The highest BCUT2D eigenvalue weighted by Crippen LogP contribution is 2.13. The monoisotopic (exact) mass is 273 g/mol. The Morgan fingerprint density at radius 3 is 2.83 bits per heavy atom. The summed E-state index contributed by atoms with van der Waals surface area (Å²) in [4.78, 5) is 3.76. The first-order chi connectivity index (χ1) is 8.62. The molecule has 2 aromatic rings. The van der Waals surface area contributed by atoms with Crippen LogP contribution in [0.5, 0.6) is 0 Å². The smallest absolute Gasteiger partial charge is 0.273 e. The van der Waals surface area contributed by atoms with Gasteiger partial charge in [-0.05, 0) is 12.1 Å². The maximum absolute atomic E-state index is 11.7. The van der Waals surface area contributed by atoms with E-state index in [4.69, 9.17) is 9.52 Å². The standard InChI is InChI=1S/C9H11N3O5S/c13-5-7-1-2-9(17-7)18(14,15)11-4-3-8-10-6-16-12-8/h1-2,6,11,13H,3-5H2. The number of nitrogens with one attached hydrogen (secondary N) is 1. The molecule has 0 bridgehead atoms. The molecule has 2 N–H and O–H groups in total. The molecule has 0 atom stereocenters. The first-order valence-electron chi connectivity index (χ1n) is 5.06. The van der Waals surface area contributed by atoms with E-state index in [0.29, 0.717) is 12.2 Å². The van der Waals surface area contributed by atoms with Crippen LogP contribution in [0.25, 0.3) is 0 Å². The Labute approximate surface area is 103 Å². The van der Waals surface area contributed by atoms with Gasteiger partial charge in [0.05, 0.1) is 0 Å². The lowest BCUT2D eigenvalue weighted by Crippen LogP contribution is -2.25. The lowest BCUT2D eigenvalue weighted by Gasteiger charge is -2.01. The first kappa shape index (κ1) is 12.7. The van der Waals surface area contributed by atoms with Crippen LogP contribution in [0, 0.1) is 0 Å². The molecular weight excluding hydrogens is 262 g/mol. The van der Waals surface area contributed by atoms with Gasteiger partial charge in [-0.25, -0.2) is 13.1 Å². The van der Waals surface area contributed by atoms with Gasteiger partial charge in [0, 0.05) is 13.0 Å². The topological polar surface area (TPSA) is 118 Å². The molecule has 0 aliphatic heterocycles. The lowest BCUT2D eigenvalue weighted by atomic mass is 10.4. The van der Waals surface area contributed by atoms with Crippen molar-refractivity contribution in [2.45, 2.75) is 18.1 Å². The molecule has 0 unspecified atom stereocenters. The van der Waals surface area contributed by atoms with E-state index >= 15 is 0 Å². The third-order valence-electron chi connectivity index (χ3n) is 2.11. The second kappa shape index (κ2) is 5.29. The number of hydrogen-bond donors (Lipinski definition) is 2. The summed E-state index contributed by atoms with van der Waals surface area (Å²) < 4.78 is 35.3. The maximum Gasteiger partial charge on any atom is 0.273 e. The van der Waals surface area contributed by atoms with Gasteiger partial charge in [-0.1, -0.05) is 5.16 Å². The predicted octanol–water partition coefficient (Wildman–Crippen LogP) is -0.324. The summed E-state index contributed by atoms with van der Waals surface area (Å²) in [6.45, 7) is -0.227. The maximum atomic E-state index is 11.7. The van der Waals surface area contributed by atoms with Crippen molar-refractivity contribution in [3.63, 3.8) is 0 Å². The first-order valence-corrected chi connectivity index (χ1v) is 6.54. The Morgan fingerprint density at radius 1 is 1.39 bits per heavy atom. The number of aliphatic hydroxyl groups is 1. The van der Waals surface area contributed by atoms with E-state index in [1.807, 2.05) is 0 Å². The van der Waals surface area contributed by atoms with Gasteiger partial charge in [-0.2, -0.15) is 4.98 Å². The van der Waals surface area contributed by atoms with Crippen LogP contribution in [0.3, 0.4) is 0 Å². The fourth-order valence-electron chi connectivity index (χ4n) is 1.26. The van der Waals surface area contributed by atoms with Crippen LogP contribution in [-0.2, 0) is 23.1 Å². The van der Waals surface area contributed by atoms with E-state index in [1.165, 1.54) is 18.5 Å². The summed E-state index contributed by atoms with van der Waals surface area (Å²) in [6.07, 6.45) is 1.48. The molecule has 2 aromatic heterocycles. The largest absolute Gasteiger partial charge is 0.446 e. The Morgan fingerprint density at radius 2 is 2.22 bits per heavy atom. The average molecular weight is 273 g/mol. The van der Waals surface area contributed by atoms with Crippen molar-refractivity contribution in [2.24, 2.45) is 0 Å². The van der Waals surface area contributed by atoms with Crippen molar-refractivity contribution in [3.8, 4) is 0 Å². The number of nitrogens with zero attached hydrogens (tertiary/aromatic N) is 2. The van der Waals surface area contributed by atoms with Gasteiger partial charge in [0.1, 0.15) is 12.4 Å². The zero-order chi connectivity index (χ0) is 13.0. The van der Waals surface area contributed by atoms with Gasteiger partial charge >= 0.3 is 0 Å². The van der Waals surface area contributed by atoms with E-state index in [-0.39, 0.29) is 24.0 Å². The fourth-order valence-corrected chi connectivity index (χ4v) is 2.24. The number of furan rings is 1. The fraction of sp³-hybridized carbons (Fsp3) is 0.333. The van der Waals surface area contributed by atoms with Gasteiger partial charge in [-0.15, -0.1) is 0 Å². The second-order valence-electron chi connectivity index (χ2n) is 3.37. The summed E-state index contributed by atoms with van der Waals surface area (Å²) >= 11 is 0. The SMILES string of the molecule is O=S(=O)(NCCc1ncon1)c1ccc(CO)o1. The number of hydrogen-bond acceptors (Lipinski definition) is 7. The summed E-state index contributed by atoms with van der Waals surface area (Å²) in [5, 5.41) is 12.1. The molecule has 0 fully saturated rings. The van der Waals surface area contributed by atoms with Crippen LogP contribution < -0.4 is 4.72 Å². The normalized spacial score (nSPS) is 11.8. The van der Waals surface area contributed by atoms with E-state index < -0.39 is 10.0 Å². The molecule has 9 heteroatoms. The van der Waals surface area contributed by atoms with Crippen LogP contribution in [0.2, 0.25) is 0 Å². The highest BCUT2D eigenvalue weighted by molar-refractivity contribution is 7.89. The molecule has 2 rings (SSSR count). The van der Waals surface area contributed by atoms with Crippen LogP contribution >= 0.6 is 0 Å². The van der Waals surface area contributed by atoms with Gasteiger partial charge in [-0.3, -0.25) is 0 Å². The molecule has 0 aliphatic carbocycles. The summed E-state index contributed by atoms with van der Waals surface area (Å²) in [7, 11) is -3.72. The molecule has 18 heavy (non-hydrogen) atoms. The zero-order valence-corrected chi connectivity index (χ0v) is 10.1. The Hall–Kier alpha value is -1.71. The molecule has 0 spiro atoms. The Balaban J connectivity index is 1.95. The van der Waals surface area contributed by atoms with Crippen LogP contribution in [0.15, 0.2) is 32.6 Å². The number of aliphatic hydroxyl groups excluding tert-OH is 1. The highest BCUT2D eigenvalue weighted by atomic mass is 32.2. The molecule has 0 radical (unpaired) electrons. The molecule has 0 aliphatic rings.